The third-order valence-electron chi connectivity index (χ3n) is 0.733. The lowest BCUT2D eigenvalue weighted by Crippen LogP contribution is -1.63. The van der Waals surface area contributed by atoms with E-state index in [1.807, 2.05) is 0 Å². The predicted molar refractivity (Wildman–Crippen MR) is 41.3 cm³/mol. The molecule has 0 aromatic heterocycles. The second-order valence-corrected chi connectivity index (χ2v) is 1.30. The van der Waals surface area contributed by atoms with Crippen molar-refractivity contribution in [2.75, 3.05) is 6.26 Å². The van der Waals surface area contributed by atoms with Gasteiger partial charge in [-0.3, -0.25) is 0 Å². The average Bonchev–Trinajstić information content (AvgIpc) is 1.94. The van der Waals surface area contributed by atoms with E-state index in [0.717, 1.165) is 0 Å². The number of hydrogen-bond donors (Lipinski definition) is 1. The van der Waals surface area contributed by atoms with Gasteiger partial charge in [-0.2, -0.15) is 12.6 Å². The van der Waals surface area contributed by atoms with Crippen LogP contribution < -0.4 is 0 Å². The summed E-state index contributed by atoms with van der Waals surface area (Å²) in [4.78, 5) is 0. The Bertz CT molecular complexity index is 139. The molecule has 0 nitrogen and oxygen atoms in total. The molecule has 0 aliphatic heterocycles. The molecule has 1 rings (SSSR count). The molecule has 0 unspecified atom stereocenters. The zero-order valence-corrected chi connectivity index (χ0v) is 6.11. The maximum atomic E-state index is 11.9. The Morgan fingerprint density at radius 2 is 1.56 bits per heavy atom. The van der Waals surface area contributed by atoms with Crippen molar-refractivity contribution in [1.82, 2.24) is 0 Å². The first-order valence-corrected chi connectivity index (χ1v) is 3.44. The molecule has 50 valence electrons. The Morgan fingerprint density at radius 3 is 1.78 bits per heavy atom. The molecule has 0 aliphatic carbocycles. The Balaban J connectivity index is 0.000000291. The second-order valence-electron chi connectivity index (χ2n) is 1.30. The molecule has 0 saturated heterocycles. The Hall–Kier alpha value is -0.500. The molecule has 0 radical (unpaired) electrons. The highest BCUT2D eigenvalue weighted by molar-refractivity contribution is 7.79. The summed E-state index contributed by atoms with van der Waals surface area (Å²) in [6.07, 6.45) is 1.69. The van der Waals surface area contributed by atoms with Crippen LogP contribution in [0.5, 0.6) is 0 Å². The molecule has 0 saturated carbocycles. The normalized spacial score (nSPS) is 7.44. The topological polar surface area (TPSA) is 0 Å². The molecule has 0 amide bonds. The second kappa shape index (κ2) is 5.63. The summed E-state index contributed by atoms with van der Waals surface area (Å²) in [5.41, 5.74) is 0. The van der Waals surface area contributed by atoms with Gasteiger partial charge in [-0.15, -0.1) is 0 Å². The van der Waals surface area contributed by atoms with Crippen LogP contribution in [0.25, 0.3) is 0 Å². The third-order valence-corrected chi connectivity index (χ3v) is 0.733. The van der Waals surface area contributed by atoms with E-state index in [9.17, 15) is 4.39 Å². The van der Waals surface area contributed by atoms with E-state index < -0.39 is 0 Å². The highest BCUT2D eigenvalue weighted by atomic mass is 32.1. The lowest BCUT2D eigenvalue weighted by Gasteiger charge is -1.78. The summed E-state index contributed by atoms with van der Waals surface area (Å²) < 4.78 is 11.9. The van der Waals surface area contributed by atoms with Gasteiger partial charge in [0.05, 0.1) is 0 Å². The molecule has 1 aromatic carbocycles. The van der Waals surface area contributed by atoms with Gasteiger partial charge < -0.3 is 0 Å². The quantitative estimate of drug-likeness (QED) is 0.531. The highest BCUT2D eigenvalue weighted by Crippen LogP contribution is 1.91. The number of thiol groups is 1. The van der Waals surface area contributed by atoms with Gasteiger partial charge in [0.15, 0.2) is 0 Å². The van der Waals surface area contributed by atoms with Crippen molar-refractivity contribution in [3.8, 4) is 0 Å². The molecular formula is C7H9FS. The molecule has 0 spiro atoms. The van der Waals surface area contributed by atoms with Crippen molar-refractivity contribution in [2.24, 2.45) is 0 Å². The predicted octanol–water partition coefficient (Wildman–Crippen LogP) is 2.37. The molecule has 2 heteroatoms. The monoisotopic (exact) mass is 144 g/mol. The fourth-order valence-electron chi connectivity index (χ4n) is 0.415. The minimum Gasteiger partial charge on any atom is -0.207 e. The zero-order valence-electron chi connectivity index (χ0n) is 5.21. The van der Waals surface area contributed by atoms with Crippen LogP contribution in [0.3, 0.4) is 0 Å². The van der Waals surface area contributed by atoms with Gasteiger partial charge in [0, 0.05) is 0 Å². The van der Waals surface area contributed by atoms with Crippen molar-refractivity contribution in [3.63, 3.8) is 0 Å². The fourth-order valence-corrected chi connectivity index (χ4v) is 0.415. The van der Waals surface area contributed by atoms with E-state index in [1.165, 1.54) is 12.1 Å². The summed E-state index contributed by atoms with van der Waals surface area (Å²) in [6.45, 7) is 0. The minimum absolute atomic E-state index is 0.178. The molecule has 0 atom stereocenters. The van der Waals surface area contributed by atoms with Gasteiger partial charge in [0.1, 0.15) is 5.82 Å². The average molecular weight is 144 g/mol. The van der Waals surface area contributed by atoms with Gasteiger partial charge in [-0.1, -0.05) is 18.2 Å². The van der Waals surface area contributed by atoms with Crippen LogP contribution in [0.15, 0.2) is 30.3 Å². The molecular weight excluding hydrogens is 135 g/mol. The molecule has 0 heterocycles. The molecule has 0 N–H and O–H groups in total. The summed E-state index contributed by atoms with van der Waals surface area (Å²) in [7, 11) is 0. The van der Waals surface area contributed by atoms with Crippen molar-refractivity contribution in [2.45, 2.75) is 0 Å². The number of hydrogen-bond acceptors (Lipinski definition) is 1. The number of benzene rings is 1. The Labute approximate surface area is 60.1 Å². The first-order valence-electron chi connectivity index (χ1n) is 2.55. The maximum absolute atomic E-state index is 11.9. The summed E-state index contributed by atoms with van der Waals surface area (Å²) in [5.74, 6) is -0.178. The van der Waals surface area contributed by atoms with E-state index in [2.05, 4.69) is 12.6 Å². The van der Waals surface area contributed by atoms with Crippen LogP contribution in [0.4, 0.5) is 4.39 Å². The van der Waals surface area contributed by atoms with Gasteiger partial charge in [-0.05, 0) is 18.4 Å². The van der Waals surface area contributed by atoms with Crippen LogP contribution in [0.2, 0.25) is 0 Å². The Morgan fingerprint density at radius 1 is 1.11 bits per heavy atom. The third kappa shape index (κ3) is 4.03. The summed E-state index contributed by atoms with van der Waals surface area (Å²) >= 11 is 3.53. The zero-order chi connectivity index (χ0) is 7.11. The van der Waals surface area contributed by atoms with Gasteiger partial charge in [0.2, 0.25) is 0 Å². The van der Waals surface area contributed by atoms with Crippen molar-refractivity contribution in [3.05, 3.63) is 36.1 Å². The van der Waals surface area contributed by atoms with Crippen molar-refractivity contribution < 1.29 is 4.39 Å². The molecule has 0 bridgehead atoms. The maximum Gasteiger partial charge on any atom is 0.123 e. The lowest BCUT2D eigenvalue weighted by molar-refractivity contribution is 0.628. The van der Waals surface area contributed by atoms with Gasteiger partial charge in [0.25, 0.3) is 0 Å². The van der Waals surface area contributed by atoms with E-state index >= 15 is 0 Å². The lowest BCUT2D eigenvalue weighted by atomic mass is 10.4. The van der Waals surface area contributed by atoms with Crippen molar-refractivity contribution in [1.29, 1.82) is 0 Å². The van der Waals surface area contributed by atoms with E-state index in [-0.39, 0.29) is 5.82 Å². The summed E-state index contributed by atoms with van der Waals surface area (Å²) in [5, 5.41) is 0. The van der Waals surface area contributed by atoms with Gasteiger partial charge >= 0.3 is 0 Å². The number of halogens is 1. The van der Waals surface area contributed by atoms with Crippen LogP contribution in [-0.2, 0) is 0 Å². The molecule has 0 fully saturated rings. The van der Waals surface area contributed by atoms with E-state index in [4.69, 9.17) is 0 Å². The minimum atomic E-state index is -0.178. The van der Waals surface area contributed by atoms with E-state index in [0.29, 0.717) is 0 Å². The van der Waals surface area contributed by atoms with Crippen LogP contribution in [0, 0.1) is 5.82 Å². The van der Waals surface area contributed by atoms with Crippen LogP contribution in [-0.4, -0.2) is 6.26 Å². The van der Waals surface area contributed by atoms with Crippen LogP contribution in [0.1, 0.15) is 0 Å². The molecule has 0 aliphatic rings. The Kier molecular flexibility index (Phi) is 5.32. The van der Waals surface area contributed by atoms with Crippen molar-refractivity contribution >= 4 is 12.6 Å². The fraction of sp³-hybridized carbons (Fsp3) is 0.143. The van der Waals surface area contributed by atoms with E-state index in [1.54, 1.807) is 24.5 Å². The smallest absolute Gasteiger partial charge is 0.123 e. The highest BCUT2D eigenvalue weighted by Gasteiger charge is 1.77. The SMILES string of the molecule is CS.Fc1ccccc1. The summed E-state index contributed by atoms with van der Waals surface area (Å²) in [6, 6.07) is 7.94. The largest absolute Gasteiger partial charge is 0.207 e. The van der Waals surface area contributed by atoms with Gasteiger partial charge in [-0.25, -0.2) is 4.39 Å². The molecule has 9 heavy (non-hydrogen) atoms. The molecule has 1 aromatic rings. The number of rotatable bonds is 0. The first kappa shape index (κ1) is 8.50. The first-order chi connectivity index (χ1) is 4.39. The van der Waals surface area contributed by atoms with Crippen LogP contribution >= 0.6 is 12.6 Å². The standard InChI is InChI=1S/C6H5F.CH4S/c7-6-4-2-1-3-5-6;1-2/h1-5H;2H,1H3.